The van der Waals surface area contributed by atoms with Crippen LogP contribution in [0.15, 0.2) is 36.2 Å². The van der Waals surface area contributed by atoms with E-state index in [0.29, 0.717) is 6.04 Å². The highest BCUT2D eigenvalue weighted by molar-refractivity contribution is 6.14. The van der Waals surface area contributed by atoms with Crippen LogP contribution in [-0.2, 0) is 4.79 Å². The first-order chi connectivity index (χ1) is 10.1. The Hall–Kier alpha value is -2.56. The molecule has 2 aromatic rings. The molecule has 0 saturated carbocycles. The van der Waals surface area contributed by atoms with Gasteiger partial charge in [-0.2, -0.15) is 0 Å². The fourth-order valence-corrected chi connectivity index (χ4v) is 2.55. The lowest BCUT2D eigenvalue weighted by Gasteiger charge is -2.12. The Morgan fingerprint density at radius 3 is 2.67 bits per heavy atom. The smallest absolute Gasteiger partial charge is 0.326 e. The average molecular weight is 283 g/mol. The Kier molecular flexibility index (Phi) is 3.25. The number of hydrogen-bond acceptors (Lipinski definition) is 2. The normalized spacial score (nSPS) is 18.1. The molecule has 2 heterocycles. The van der Waals surface area contributed by atoms with E-state index in [1.54, 1.807) is 6.08 Å². The Morgan fingerprint density at radius 1 is 1.24 bits per heavy atom. The van der Waals surface area contributed by atoms with E-state index < -0.39 is 6.03 Å². The van der Waals surface area contributed by atoms with Gasteiger partial charge in [-0.1, -0.05) is 25.1 Å². The Morgan fingerprint density at radius 2 is 2.00 bits per heavy atom. The molecule has 1 aromatic carbocycles. The minimum atomic E-state index is -0.475. The van der Waals surface area contributed by atoms with E-state index in [-0.39, 0.29) is 11.6 Å². The van der Waals surface area contributed by atoms with Crippen LogP contribution in [0, 0.1) is 0 Å². The lowest BCUT2D eigenvalue weighted by atomic mass is 10.1. The highest BCUT2D eigenvalue weighted by atomic mass is 16.2. The van der Waals surface area contributed by atoms with E-state index in [1.165, 1.54) is 0 Å². The van der Waals surface area contributed by atoms with Crippen LogP contribution < -0.4 is 10.6 Å². The second-order valence-electron chi connectivity index (χ2n) is 5.23. The molecular formula is C16H17N3O2. The van der Waals surface area contributed by atoms with Crippen molar-refractivity contribution in [2.24, 2.45) is 0 Å². The molecule has 2 N–H and O–H groups in total. The molecule has 21 heavy (non-hydrogen) atoms. The molecule has 1 fully saturated rings. The first-order valence-electron chi connectivity index (χ1n) is 7.03. The molecule has 0 bridgehead atoms. The maximum Gasteiger partial charge on any atom is 0.326 e. The van der Waals surface area contributed by atoms with E-state index in [2.05, 4.69) is 35.1 Å². The van der Waals surface area contributed by atoms with E-state index in [1.807, 2.05) is 24.4 Å². The van der Waals surface area contributed by atoms with Gasteiger partial charge in [-0.3, -0.25) is 10.1 Å². The molecule has 108 valence electrons. The first kappa shape index (κ1) is 13.4. The standard InChI is InChI=1S/C16H17N3O2/c1-3-10(2)19-9-11(12-6-4-5-7-14(12)19)8-13-15(20)18-16(21)17-13/h4-10H,3H2,1-2H3,(H2,17,18,20,21)/b13-8-/t10-/m1/s1. The van der Waals surface area contributed by atoms with Crippen LogP contribution in [0.4, 0.5) is 4.79 Å². The Labute approximate surface area is 122 Å². The number of aromatic nitrogens is 1. The zero-order chi connectivity index (χ0) is 15.0. The Balaban J connectivity index is 2.13. The van der Waals surface area contributed by atoms with E-state index >= 15 is 0 Å². The summed E-state index contributed by atoms with van der Waals surface area (Å²) in [5, 5.41) is 5.80. The van der Waals surface area contributed by atoms with Crippen molar-refractivity contribution in [2.75, 3.05) is 0 Å². The minimum absolute atomic E-state index is 0.284. The first-order valence-corrected chi connectivity index (χ1v) is 7.03. The molecule has 1 saturated heterocycles. The number of carbonyl (C=O) groups excluding carboxylic acids is 2. The second-order valence-corrected chi connectivity index (χ2v) is 5.23. The van der Waals surface area contributed by atoms with E-state index in [9.17, 15) is 9.59 Å². The van der Waals surface area contributed by atoms with Crippen molar-refractivity contribution in [2.45, 2.75) is 26.3 Å². The number of amides is 3. The summed E-state index contributed by atoms with van der Waals surface area (Å²) in [6.07, 6.45) is 4.77. The number of imide groups is 1. The van der Waals surface area contributed by atoms with Gasteiger partial charge in [0, 0.05) is 28.7 Å². The van der Waals surface area contributed by atoms with Crippen LogP contribution in [0.5, 0.6) is 0 Å². The molecule has 1 atom stereocenters. The molecule has 1 aromatic heterocycles. The van der Waals surface area contributed by atoms with Gasteiger partial charge >= 0.3 is 6.03 Å². The predicted molar refractivity (Wildman–Crippen MR) is 81.6 cm³/mol. The number of rotatable bonds is 3. The highest BCUT2D eigenvalue weighted by Crippen LogP contribution is 2.27. The molecule has 5 nitrogen and oxygen atoms in total. The number of nitrogens with one attached hydrogen (secondary N) is 2. The summed E-state index contributed by atoms with van der Waals surface area (Å²) in [6.45, 7) is 4.30. The number of para-hydroxylation sites is 1. The van der Waals surface area contributed by atoms with Crippen molar-refractivity contribution >= 4 is 28.9 Å². The van der Waals surface area contributed by atoms with Gasteiger partial charge in [-0.15, -0.1) is 0 Å². The van der Waals surface area contributed by atoms with Crippen molar-refractivity contribution in [1.82, 2.24) is 15.2 Å². The summed E-state index contributed by atoms with van der Waals surface area (Å²) in [5.41, 5.74) is 2.34. The second kappa shape index (κ2) is 5.09. The fraction of sp³-hybridized carbons (Fsp3) is 0.250. The number of fused-ring (bicyclic) bond motifs is 1. The van der Waals surface area contributed by atoms with Gasteiger partial charge < -0.3 is 9.88 Å². The summed E-state index contributed by atoms with van der Waals surface area (Å²) in [6, 6.07) is 7.96. The zero-order valence-corrected chi connectivity index (χ0v) is 12.0. The SMILES string of the molecule is CC[C@@H](C)n1cc(/C=C2\NC(=O)NC2=O)c2ccccc21. The summed E-state index contributed by atoms with van der Waals surface area (Å²) in [7, 11) is 0. The molecule has 3 rings (SSSR count). The highest BCUT2D eigenvalue weighted by Gasteiger charge is 2.23. The third kappa shape index (κ3) is 2.31. The number of hydrogen-bond donors (Lipinski definition) is 2. The van der Waals surface area contributed by atoms with Crippen molar-refractivity contribution in [1.29, 1.82) is 0 Å². The van der Waals surface area contributed by atoms with Gasteiger partial charge in [-0.25, -0.2) is 4.79 Å². The number of benzene rings is 1. The zero-order valence-electron chi connectivity index (χ0n) is 12.0. The van der Waals surface area contributed by atoms with Crippen LogP contribution in [0.3, 0.4) is 0 Å². The van der Waals surface area contributed by atoms with Crippen LogP contribution in [0.2, 0.25) is 0 Å². The molecule has 0 aliphatic carbocycles. The molecule has 0 spiro atoms. The lowest BCUT2D eigenvalue weighted by molar-refractivity contribution is -0.115. The predicted octanol–water partition coefficient (Wildman–Crippen LogP) is 2.79. The molecule has 3 amide bonds. The van der Waals surface area contributed by atoms with Crippen molar-refractivity contribution < 1.29 is 9.59 Å². The van der Waals surface area contributed by atoms with Gasteiger partial charge in [0.2, 0.25) is 0 Å². The van der Waals surface area contributed by atoms with Crippen LogP contribution in [0.1, 0.15) is 31.9 Å². The number of carbonyl (C=O) groups is 2. The quantitative estimate of drug-likeness (QED) is 0.672. The number of nitrogens with zero attached hydrogens (tertiary/aromatic N) is 1. The van der Waals surface area contributed by atoms with Crippen LogP contribution in [-0.4, -0.2) is 16.5 Å². The van der Waals surface area contributed by atoms with Crippen molar-refractivity contribution in [3.8, 4) is 0 Å². The third-order valence-electron chi connectivity index (χ3n) is 3.86. The van der Waals surface area contributed by atoms with Gasteiger partial charge in [0.15, 0.2) is 0 Å². The molecule has 1 aliphatic rings. The topological polar surface area (TPSA) is 63.1 Å². The molecule has 5 heteroatoms. The summed E-state index contributed by atoms with van der Waals surface area (Å²) < 4.78 is 2.20. The maximum absolute atomic E-state index is 11.7. The monoisotopic (exact) mass is 283 g/mol. The molecular weight excluding hydrogens is 266 g/mol. The minimum Gasteiger partial charge on any atom is -0.344 e. The number of urea groups is 1. The fourth-order valence-electron chi connectivity index (χ4n) is 2.55. The van der Waals surface area contributed by atoms with Crippen LogP contribution in [0.25, 0.3) is 17.0 Å². The van der Waals surface area contributed by atoms with E-state index in [4.69, 9.17) is 0 Å². The van der Waals surface area contributed by atoms with Crippen LogP contribution >= 0.6 is 0 Å². The summed E-state index contributed by atoms with van der Waals surface area (Å²) >= 11 is 0. The maximum atomic E-state index is 11.7. The van der Waals surface area contributed by atoms with Gasteiger partial charge in [-0.05, 0) is 25.5 Å². The molecule has 1 aliphatic heterocycles. The largest absolute Gasteiger partial charge is 0.344 e. The van der Waals surface area contributed by atoms with E-state index in [0.717, 1.165) is 22.9 Å². The Bertz CT molecular complexity index is 758. The third-order valence-corrected chi connectivity index (χ3v) is 3.86. The summed E-state index contributed by atoms with van der Waals surface area (Å²) in [4.78, 5) is 22.8. The van der Waals surface area contributed by atoms with Crippen molar-refractivity contribution in [3.63, 3.8) is 0 Å². The lowest BCUT2D eigenvalue weighted by Crippen LogP contribution is -2.22. The molecule has 0 unspecified atom stereocenters. The average Bonchev–Trinajstić information content (AvgIpc) is 2.99. The van der Waals surface area contributed by atoms with Gasteiger partial charge in [0.05, 0.1) is 0 Å². The molecule has 0 radical (unpaired) electrons. The van der Waals surface area contributed by atoms with Crippen molar-refractivity contribution in [3.05, 3.63) is 41.7 Å². The van der Waals surface area contributed by atoms with Gasteiger partial charge in [0.25, 0.3) is 5.91 Å². The summed E-state index contributed by atoms with van der Waals surface area (Å²) in [5.74, 6) is -0.389. The van der Waals surface area contributed by atoms with Gasteiger partial charge in [0.1, 0.15) is 5.70 Å².